The first-order valence-corrected chi connectivity index (χ1v) is 6.88. The van der Waals surface area contributed by atoms with Crippen molar-refractivity contribution in [2.75, 3.05) is 0 Å². The number of benzene rings is 2. The molecule has 0 heterocycles. The van der Waals surface area contributed by atoms with Crippen molar-refractivity contribution < 1.29 is 13.5 Å². The monoisotopic (exact) mass is 341 g/mol. The first kappa shape index (κ1) is 14.9. The van der Waals surface area contributed by atoms with Crippen LogP contribution in [0.15, 0.2) is 40.9 Å². The predicted molar refractivity (Wildman–Crippen MR) is 77.4 cm³/mol. The molecule has 1 unspecified atom stereocenters. The maximum Gasteiger partial charge on any atom is 0.131 e. The quantitative estimate of drug-likeness (QED) is 0.898. The van der Waals surface area contributed by atoms with Gasteiger partial charge in [0.05, 0.1) is 0 Å². The number of ether oxygens (including phenoxy) is 1. The Morgan fingerprint density at radius 1 is 1.15 bits per heavy atom. The molecule has 0 aromatic heterocycles. The first-order valence-electron chi connectivity index (χ1n) is 6.09. The fourth-order valence-corrected chi connectivity index (χ4v) is 2.10. The van der Waals surface area contributed by atoms with Crippen molar-refractivity contribution in [2.24, 2.45) is 5.73 Å². The van der Waals surface area contributed by atoms with Gasteiger partial charge in [0.25, 0.3) is 0 Å². The second-order valence-electron chi connectivity index (χ2n) is 4.50. The SMILES string of the molecule is CC(N)c1ccc(OCc2ccc(Br)cc2F)cc1F. The van der Waals surface area contributed by atoms with E-state index in [2.05, 4.69) is 15.9 Å². The van der Waals surface area contributed by atoms with Crippen molar-refractivity contribution in [3.63, 3.8) is 0 Å². The standard InChI is InChI=1S/C15H14BrF2NO/c1-9(19)13-5-4-12(7-15(13)18)20-8-10-2-3-11(16)6-14(10)17/h2-7,9H,8,19H2,1H3. The van der Waals surface area contributed by atoms with Gasteiger partial charge in [-0.2, -0.15) is 0 Å². The van der Waals surface area contributed by atoms with Gasteiger partial charge < -0.3 is 10.5 Å². The number of rotatable bonds is 4. The molecule has 0 radical (unpaired) electrons. The minimum atomic E-state index is -0.422. The number of nitrogens with two attached hydrogens (primary N) is 1. The highest BCUT2D eigenvalue weighted by molar-refractivity contribution is 9.10. The minimum absolute atomic E-state index is 0.0378. The number of hydrogen-bond donors (Lipinski definition) is 1. The molecule has 0 saturated heterocycles. The zero-order valence-corrected chi connectivity index (χ0v) is 12.5. The molecular weight excluding hydrogens is 328 g/mol. The van der Waals surface area contributed by atoms with E-state index >= 15 is 0 Å². The van der Waals surface area contributed by atoms with E-state index in [0.29, 0.717) is 21.3 Å². The molecule has 1 atom stereocenters. The third-order valence-electron chi connectivity index (χ3n) is 2.87. The van der Waals surface area contributed by atoms with Crippen molar-refractivity contribution in [3.05, 3.63) is 63.6 Å². The van der Waals surface area contributed by atoms with Crippen LogP contribution in [-0.2, 0) is 6.61 Å². The van der Waals surface area contributed by atoms with Gasteiger partial charge in [-0.15, -0.1) is 0 Å². The van der Waals surface area contributed by atoms with Gasteiger partial charge in [0.1, 0.15) is 24.0 Å². The molecule has 2 aromatic rings. The topological polar surface area (TPSA) is 35.2 Å². The van der Waals surface area contributed by atoms with Crippen molar-refractivity contribution >= 4 is 15.9 Å². The maximum absolute atomic E-state index is 13.7. The molecule has 2 nitrogen and oxygen atoms in total. The van der Waals surface area contributed by atoms with Crippen LogP contribution in [0.4, 0.5) is 8.78 Å². The summed E-state index contributed by atoms with van der Waals surface area (Å²) in [7, 11) is 0. The molecule has 0 spiro atoms. The van der Waals surface area contributed by atoms with Gasteiger partial charge in [-0.25, -0.2) is 8.78 Å². The van der Waals surface area contributed by atoms with Gasteiger partial charge in [0.15, 0.2) is 0 Å². The van der Waals surface area contributed by atoms with E-state index in [1.807, 2.05) is 0 Å². The highest BCUT2D eigenvalue weighted by atomic mass is 79.9. The fraction of sp³-hybridized carbons (Fsp3) is 0.200. The third kappa shape index (κ3) is 3.55. The normalized spacial score (nSPS) is 12.2. The van der Waals surface area contributed by atoms with Crippen LogP contribution < -0.4 is 10.5 Å². The second-order valence-corrected chi connectivity index (χ2v) is 5.41. The Hall–Kier alpha value is -1.46. The molecule has 0 aliphatic heterocycles. The molecule has 0 saturated carbocycles. The minimum Gasteiger partial charge on any atom is -0.489 e. The van der Waals surface area contributed by atoms with Crippen LogP contribution in [0.1, 0.15) is 24.1 Å². The highest BCUT2D eigenvalue weighted by Gasteiger charge is 2.09. The Morgan fingerprint density at radius 3 is 2.50 bits per heavy atom. The Balaban J connectivity index is 2.09. The van der Waals surface area contributed by atoms with E-state index in [4.69, 9.17) is 10.5 Å². The van der Waals surface area contributed by atoms with E-state index in [0.717, 1.165) is 0 Å². The summed E-state index contributed by atoms with van der Waals surface area (Å²) in [6, 6.07) is 8.78. The van der Waals surface area contributed by atoms with Crippen LogP contribution in [0, 0.1) is 11.6 Å². The maximum atomic E-state index is 13.7. The number of halogens is 3. The van der Waals surface area contributed by atoms with Crippen LogP contribution in [-0.4, -0.2) is 0 Å². The average molecular weight is 342 g/mol. The van der Waals surface area contributed by atoms with Crippen molar-refractivity contribution in [2.45, 2.75) is 19.6 Å². The summed E-state index contributed by atoms with van der Waals surface area (Å²) in [5.41, 5.74) is 6.46. The zero-order chi connectivity index (χ0) is 14.7. The van der Waals surface area contributed by atoms with Gasteiger partial charge in [0, 0.05) is 27.7 Å². The van der Waals surface area contributed by atoms with Gasteiger partial charge in [-0.3, -0.25) is 0 Å². The van der Waals surface area contributed by atoms with E-state index < -0.39 is 5.82 Å². The molecule has 0 bridgehead atoms. The fourth-order valence-electron chi connectivity index (χ4n) is 1.77. The molecule has 0 amide bonds. The lowest BCUT2D eigenvalue weighted by atomic mass is 10.1. The summed E-state index contributed by atoms with van der Waals surface area (Å²) < 4.78 is 33.4. The summed E-state index contributed by atoms with van der Waals surface area (Å²) in [6.07, 6.45) is 0. The van der Waals surface area contributed by atoms with E-state index in [1.54, 1.807) is 31.2 Å². The predicted octanol–water partition coefficient (Wildman–Crippen LogP) is 4.33. The molecular formula is C15H14BrF2NO. The molecule has 2 rings (SSSR count). The van der Waals surface area contributed by atoms with Crippen LogP contribution in [0.25, 0.3) is 0 Å². The highest BCUT2D eigenvalue weighted by Crippen LogP contribution is 2.22. The molecule has 0 aliphatic carbocycles. The number of hydrogen-bond acceptors (Lipinski definition) is 2. The first-order chi connectivity index (χ1) is 9.47. The van der Waals surface area contributed by atoms with Gasteiger partial charge >= 0.3 is 0 Å². The van der Waals surface area contributed by atoms with Crippen molar-refractivity contribution in [1.29, 1.82) is 0 Å². The van der Waals surface area contributed by atoms with Crippen LogP contribution in [0.3, 0.4) is 0 Å². The summed E-state index contributed by atoms with van der Waals surface area (Å²) in [6.45, 7) is 1.74. The Bertz CT molecular complexity index is 617. The third-order valence-corrected chi connectivity index (χ3v) is 3.37. The Morgan fingerprint density at radius 2 is 1.90 bits per heavy atom. The van der Waals surface area contributed by atoms with Crippen LogP contribution >= 0.6 is 15.9 Å². The molecule has 106 valence electrons. The lowest BCUT2D eigenvalue weighted by Gasteiger charge is -2.11. The van der Waals surface area contributed by atoms with Crippen LogP contribution in [0.2, 0.25) is 0 Å². The summed E-state index contributed by atoms with van der Waals surface area (Å²) in [5.74, 6) is -0.449. The molecule has 2 aromatic carbocycles. The molecule has 0 fully saturated rings. The molecule has 5 heteroatoms. The van der Waals surface area contributed by atoms with Gasteiger partial charge in [-0.1, -0.05) is 28.1 Å². The smallest absolute Gasteiger partial charge is 0.131 e. The van der Waals surface area contributed by atoms with Crippen LogP contribution in [0.5, 0.6) is 5.75 Å². The van der Waals surface area contributed by atoms with Crippen molar-refractivity contribution in [1.82, 2.24) is 0 Å². The van der Waals surface area contributed by atoms with Gasteiger partial charge in [-0.05, 0) is 25.1 Å². The zero-order valence-electron chi connectivity index (χ0n) is 10.9. The second kappa shape index (κ2) is 6.33. The molecule has 0 aliphatic rings. The van der Waals surface area contributed by atoms with Gasteiger partial charge in [0.2, 0.25) is 0 Å². The van der Waals surface area contributed by atoms with E-state index in [-0.39, 0.29) is 18.5 Å². The van der Waals surface area contributed by atoms with Crippen molar-refractivity contribution in [3.8, 4) is 5.75 Å². The summed E-state index contributed by atoms with van der Waals surface area (Å²) in [4.78, 5) is 0. The largest absolute Gasteiger partial charge is 0.489 e. The van der Waals surface area contributed by atoms with E-state index in [1.165, 1.54) is 12.1 Å². The average Bonchev–Trinajstić information content (AvgIpc) is 2.37. The molecule has 2 N–H and O–H groups in total. The van der Waals surface area contributed by atoms with E-state index in [9.17, 15) is 8.78 Å². The lowest BCUT2D eigenvalue weighted by Crippen LogP contribution is -2.07. The summed E-state index contributed by atoms with van der Waals surface area (Å²) >= 11 is 3.18. The Labute approximate surface area is 124 Å². The Kier molecular flexibility index (Phi) is 4.73. The molecule has 20 heavy (non-hydrogen) atoms. The lowest BCUT2D eigenvalue weighted by molar-refractivity contribution is 0.298. The summed E-state index contributed by atoms with van der Waals surface area (Å²) in [5, 5.41) is 0.